The molecule has 0 radical (unpaired) electrons. The van der Waals surface area contributed by atoms with Crippen molar-refractivity contribution in [1.29, 1.82) is 0 Å². The number of aryl methyl sites for hydroxylation is 2. The molecule has 0 bridgehead atoms. The highest BCUT2D eigenvalue weighted by molar-refractivity contribution is 9.10. The highest BCUT2D eigenvalue weighted by Crippen LogP contribution is 2.24. The number of halogens is 1. The zero-order chi connectivity index (χ0) is 14.0. The van der Waals surface area contributed by atoms with Crippen molar-refractivity contribution in [3.63, 3.8) is 0 Å². The zero-order valence-corrected chi connectivity index (χ0v) is 12.4. The number of hydrogen-bond donors (Lipinski definition) is 2. The van der Waals surface area contributed by atoms with Gasteiger partial charge in [-0.1, -0.05) is 33.6 Å². The van der Waals surface area contributed by atoms with Gasteiger partial charge in [-0.25, -0.2) is 0 Å². The first-order chi connectivity index (χ1) is 8.97. The van der Waals surface area contributed by atoms with E-state index >= 15 is 0 Å². The van der Waals surface area contributed by atoms with Crippen LogP contribution in [0.3, 0.4) is 0 Å². The third kappa shape index (κ3) is 3.15. The van der Waals surface area contributed by atoms with Crippen LogP contribution >= 0.6 is 15.9 Å². The van der Waals surface area contributed by atoms with Crippen molar-refractivity contribution in [3.05, 3.63) is 57.6 Å². The molecular formula is C15H15BrN2O. The smallest absolute Gasteiger partial charge is 0.255 e. The summed E-state index contributed by atoms with van der Waals surface area (Å²) in [5.41, 5.74) is 9.77. The highest BCUT2D eigenvalue weighted by Gasteiger charge is 2.10. The van der Waals surface area contributed by atoms with Crippen LogP contribution < -0.4 is 11.1 Å². The maximum absolute atomic E-state index is 12.2. The SMILES string of the molecule is Cc1ccc(C(=O)Nc2ccc(Br)cc2N)c(C)c1. The van der Waals surface area contributed by atoms with Crippen LogP contribution in [0.2, 0.25) is 0 Å². The molecule has 0 unspecified atom stereocenters. The van der Waals surface area contributed by atoms with Crippen molar-refractivity contribution >= 4 is 33.2 Å². The molecule has 0 saturated heterocycles. The number of nitrogens with one attached hydrogen (secondary N) is 1. The van der Waals surface area contributed by atoms with Gasteiger partial charge in [0.25, 0.3) is 5.91 Å². The quantitative estimate of drug-likeness (QED) is 0.825. The number of benzene rings is 2. The third-order valence-electron chi connectivity index (χ3n) is 2.89. The molecule has 1 amide bonds. The number of carbonyl (C=O) groups is 1. The first-order valence-electron chi connectivity index (χ1n) is 5.91. The molecule has 0 aromatic heterocycles. The molecule has 0 fully saturated rings. The monoisotopic (exact) mass is 318 g/mol. The summed E-state index contributed by atoms with van der Waals surface area (Å²) in [5.74, 6) is -0.147. The van der Waals surface area contributed by atoms with Gasteiger partial charge in [-0.15, -0.1) is 0 Å². The summed E-state index contributed by atoms with van der Waals surface area (Å²) < 4.78 is 0.884. The molecule has 2 rings (SSSR count). The van der Waals surface area contributed by atoms with Gasteiger partial charge in [0, 0.05) is 10.0 Å². The molecular weight excluding hydrogens is 304 g/mol. The molecule has 3 N–H and O–H groups in total. The van der Waals surface area contributed by atoms with Crippen molar-refractivity contribution in [2.75, 3.05) is 11.1 Å². The van der Waals surface area contributed by atoms with Gasteiger partial charge in [0.05, 0.1) is 11.4 Å². The largest absolute Gasteiger partial charge is 0.397 e. The van der Waals surface area contributed by atoms with Crippen LogP contribution in [0, 0.1) is 13.8 Å². The molecule has 0 spiro atoms. The van der Waals surface area contributed by atoms with Crippen molar-refractivity contribution in [1.82, 2.24) is 0 Å². The lowest BCUT2D eigenvalue weighted by molar-refractivity contribution is 0.102. The lowest BCUT2D eigenvalue weighted by Gasteiger charge is -2.10. The fourth-order valence-electron chi connectivity index (χ4n) is 1.91. The Morgan fingerprint density at radius 1 is 1.16 bits per heavy atom. The molecule has 0 aliphatic rings. The molecule has 19 heavy (non-hydrogen) atoms. The van der Waals surface area contributed by atoms with Crippen LogP contribution in [-0.4, -0.2) is 5.91 Å². The number of rotatable bonds is 2. The van der Waals surface area contributed by atoms with Gasteiger partial charge in [-0.2, -0.15) is 0 Å². The molecule has 0 aliphatic carbocycles. The summed E-state index contributed by atoms with van der Waals surface area (Å²) in [6.45, 7) is 3.92. The number of nitrogens with two attached hydrogens (primary N) is 1. The van der Waals surface area contributed by atoms with Crippen LogP contribution in [0.1, 0.15) is 21.5 Å². The lowest BCUT2D eigenvalue weighted by atomic mass is 10.1. The number of anilines is 2. The van der Waals surface area contributed by atoms with E-state index in [1.807, 2.05) is 38.1 Å². The molecule has 4 heteroatoms. The van der Waals surface area contributed by atoms with Crippen molar-refractivity contribution in [2.24, 2.45) is 0 Å². The van der Waals surface area contributed by atoms with E-state index in [-0.39, 0.29) is 5.91 Å². The first-order valence-corrected chi connectivity index (χ1v) is 6.70. The highest BCUT2D eigenvalue weighted by atomic mass is 79.9. The lowest BCUT2D eigenvalue weighted by Crippen LogP contribution is -2.14. The summed E-state index contributed by atoms with van der Waals surface area (Å²) in [7, 11) is 0. The normalized spacial score (nSPS) is 10.3. The van der Waals surface area contributed by atoms with E-state index in [1.165, 1.54) is 0 Å². The number of hydrogen-bond acceptors (Lipinski definition) is 2. The Morgan fingerprint density at radius 3 is 2.53 bits per heavy atom. The minimum atomic E-state index is -0.147. The molecule has 3 nitrogen and oxygen atoms in total. The van der Waals surface area contributed by atoms with E-state index < -0.39 is 0 Å². The van der Waals surface area contributed by atoms with Crippen molar-refractivity contribution < 1.29 is 4.79 Å². The van der Waals surface area contributed by atoms with Gasteiger partial charge in [0.1, 0.15) is 0 Å². The summed E-state index contributed by atoms with van der Waals surface area (Å²) >= 11 is 3.33. The molecule has 0 heterocycles. The summed E-state index contributed by atoms with van der Waals surface area (Å²) in [6, 6.07) is 11.1. The second-order valence-electron chi connectivity index (χ2n) is 4.50. The van der Waals surface area contributed by atoms with Crippen molar-refractivity contribution in [2.45, 2.75) is 13.8 Å². The Balaban J connectivity index is 2.25. The van der Waals surface area contributed by atoms with Gasteiger partial charge in [-0.3, -0.25) is 4.79 Å². The first kappa shape index (κ1) is 13.6. The predicted molar refractivity (Wildman–Crippen MR) is 82.4 cm³/mol. The Labute approximate surface area is 121 Å². The molecule has 0 atom stereocenters. The molecule has 2 aromatic rings. The summed E-state index contributed by atoms with van der Waals surface area (Å²) in [6.07, 6.45) is 0. The topological polar surface area (TPSA) is 55.1 Å². The summed E-state index contributed by atoms with van der Waals surface area (Å²) in [5, 5.41) is 2.83. The second-order valence-corrected chi connectivity index (χ2v) is 5.42. The average Bonchev–Trinajstić information content (AvgIpc) is 2.32. The molecule has 98 valence electrons. The van der Waals surface area contributed by atoms with Crippen LogP contribution in [0.5, 0.6) is 0 Å². The van der Waals surface area contributed by atoms with E-state index in [0.717, 1.165) is 15.6 Å². The van der Waals surface area contributed by atoms with Gasteiger partial charge < -0.3 is 11.1 Å². The summed E-state index contributed by atoms with van der Waals surface area (Å²) in [4.78, 5) is 12.2. The Bertz CT molecular complexity index is 638. The van der Waals surface area contributed by atoms with Gasteiger partial charge in [0.2, 0.25) is 0 Å². The Morgan fingerprint density at radius 2 is 1.89 bits per heavy atom. The van der Waals surface area contributed by atoms with Crippen LogP contribution in [0.4, 0.5) is 11.4 Å². The van der Waals surface area contributed by atoms with Gasteiger partial charge in [-0.05, 0) is 43.7 Å². The van der Waals surface area contributed by atoms with Crippen LogP contribution in [0.15, 0.2) is 40.9 Å². The third-order valence-corrected chi connectivity index (χ3v) is 3.38. The maximum atomic E-state index is 12.2. The predicted octanol–water partition coefficient (Wildman–Crippen LogP) is 3.90. The zero-order valence-electron chi connectivity index (χ0n) is 10.8. The molecule has 0 aliphatic heterocycles. The van der Waals surface area contributed by atoms with E-state index in [9.17, 15) is 4.79 Å². The Hall–Kier alpha value is -1.81. The molecule has 0 saturated carbocycles. The fraction of sp³-hybridized carbons (Fsp3) is 0.133. The van der Waals surface area contributed by atoms with E-state index in [1.54, 1.807) is 12.1 Å². The van der Waals surface area contributed by atoms with Crippen LogP contribution in [0.25, 0.3) is 0 Å². The van der Waals surface area contributed by atoms with E-state index in [4.69, 9.17) is 5.73 Å². The number of nitrogen functional groups attached to an aromatic ring is 1. The number of amides is 1. The molecule has 2 aromatic carbocycles. The maximum Gasteiger partial charge on any atom is 0.255 e. The van der Waals surface area contributed by atoms with Crippen LogP contribution in [-0.2, 0) is 0 Å². The van der Waals surface area contributed by atoms with E-state index in [2.05, 4.69) is 21.2 Å². The average molecular weight is 319 g/mol. The van der Waals surface area contributed by atoms with Gasteiger partial charge >= 0.3 is 0 Å². The second kappa shape index (κ2) is 5.45. The Kier molecular flexibility index (Phi) is 3.90. The fourth-order valence-corrected chi connectivity index (χ4v) is 2.28. The number of carbonyl (C=O) groups excluding carboxylic acids is 1. The minimum absolute atomic E-state index is 0.147. The van der Waals surface area contributed by atoms with E-state index in [0.29, 0.717) is 16.9 Å². The van der Waals surface area contributed by atoms with Crippen molar-refractivity contribution in [3.8, 4) is 0 Å². The standard InChI is InChI=1S/C15H15BrN2O/c1-9-3-5-12(10(2)7-9)15(19)18-14-6-4-11(16)8-13(14)17/h3-8H,17H2,1-2H3,(H,18,19). The minimum Gasteiger partial charge on any atom is -0.397 e. The van der Waals surface area contributed by atoms with Gasteiger partial charge in [0.15, 0.2) is 0 Å².